The van der Waals surface area contributed by atoms with E-state index in [0.717, 1.165) is 22.1 Å². The zero-order valence-corrected chi connectivity index (χ0v) is 15.2. The van der Waals surface area contributed by atoms with Crippen molar-refractivity contribution in [1.29, 1.82) is 0 Å². The van der Waals surface area contributed by atoms with Gasteiger partial charge in [-0.25, -0.2) is 0 Å². The number of hydrogen-bond donors (Lipinski definition) is 3. The van der Waals surface area contributed by atoms with Crippen molar-refractivity contribution in [2.45, 2.75) is 26.7 Å². The number of phenols is 1. The maximum Gasteiger partial charge on any atom is 0.267 e. The van der Waals surface area contributed by atoms with Crippen LogP contribution in [-0.4, -0.2) is 16.6 Å². The van der Waals surface area contributed by atoms with Crippen LogP contribution in [0.4, 0.5) is 0 Å². The molecule has 0 aliphatic rings. The minimum atomic E-state index is -0.321. The number of halogens is 1. The summed E-state index contributed by atoms with van der Waals surface area (Å²) in [5.74, 6) is 0.431. The van der Waals surface area contributed by atoms with Gasteiger partial charge < -0.3 is 15.8 Å². The Balaban J connectivity index is 2.33. The van der Waals surface area contributed by atoms with Gasteiger partial charge in [0, 0.05) is 10.9 Å². The van der Waals surface area contributed by atoms with Crippen LogP contribution in [0.2, 0.25) is 5.02 Å². The highest BCUT2D eigenvalue weighted by Gasteiger charge is 2.18. The third-order valence-electron chi connectivity index (χ3n) is 4.77. The number of aromatic nitrogens is 1. The second-order valence-corrected chi connectivity index (χ2v) is 6.87. The molecule has 2 aromatic carbocycles. The Hall–Kier alpha value is -2.30. The number of phenolic OH excluding ortho intramolecular Hbond substituents is 1. The summed E-state index contributed by atoms with van der Waals surface area (Å²) >= 11 is 6.17. The number of H-pyrrole nitrogens is 1. The smallest absolute Gasteiger partial charge is 0.267 e. The van der Waals surface area contributed by atoms with Crippen LogP contribution < -0.4 is 11.3 Å². The fraction of sp³-hybridized carbons (Fsp3) is 0.250. The molecule has 0 radical (unpaired) electrons. The summed E-state index contributed by atoms with van der Waals surface area (Å²) in [6, 6.07) is 9.62. The van der Waals surface area contributed by atoms with E-state index in [1.807, 2.05) is 31.2 Å². The van der Waals surface area contributed by atoms with Gasteiger partial charge in [-0.1, -0.05) is 42.8 Å². The van der Waals surface area contributed by atoms with Gasteiger partial charge in [-0.3, -0.25) is 4.79 Å². The Morgan fingerprint density at radius 3 is 2.48 bits per heavy atom. The second kappa shape index (κ2) is 6.54. The van der Waals surface area contributed by atoms with Crippen molar-refractivity contribution >= 4 is 22.5 Å². The number of nitrogens with one attached hydrogen (secondary N) is 1. The van der Waals surface area contributed by atoms with Crippen molar-refractivity contribution in [3.05, 3.63) is 62.4 Å². The first-order valence-corrected chi connectivity index (χ1v) is 8.58. The Morgan fingerprint density at radius 1 is 1.24 bits per heavy atom. The molecule has 1 aromatic heterocycles. The lowest BCUT2D eigenvalue weighted by Gasteiger charge is -2.16. The predicted molar refractivity (Wildman–Crippen MR) is 104 cm³/mol. The van der Waals surface area contributed by atoms with Crippen molar-refractivity contribution in [3.8, 4) is 16.9 Å². The number of fused-ring (bicyclic) bond motifs is 1. The minimum absolute atomic E-state index is 0.145. The van der Waals surface area contributed by atoms with E-state index in [2.05, 4.69) is 11.9 Å². The van der Waals surface area contributed by atoms with Crippen LogP contribution in [0.3, 0.4) is 0 Å². The van der Waals surface area contributed by atoms with Gasteiger partial charge >= 0.3 is 0 Å². The quantitative estimate of drug-likeness (QED) is 0.657. The van der Waals surface area contributed by atoms with Crippen LogP contribution in [0.1, 0.15) is 29.5 Å². The highest BCUT2D eigenvalue weighted by atomic mass is 35.5. The van der Waals surface area contributed by atoms with Crippen LogP contribution in [-0.2, 0) is 0 Å². The van der Waals surface area contributed by atoms with Crippen molar-refractivity contribution in [1.82, 2.24) is 4.98 Å². The van der Waals surface area contributed by atoms with Gasteiger partial charge in [0.15, 0.2) is 0 Å². The molecule has 0 saturated carbocycles. The molecule has 0 aliphatic carbocycles. The second-order valence-electron chi connectivity index (χ2n) is 6.49. The molecule has 4 N–H and O–H groups in total. The fourth-order valence-corrected chi connectivity index (χ4v) is 3.33. The van der Waals surface area contributed by atoms with Gasteiger partial charge in [-0.2, -0.15) is 0 Å². The van der Waals surface area contributed by atoms with E-state index in [9.17, 15) is 9.90 Å². The van der Waals surface area contributed by atoms with Crippen molar-refractivity contribution in [2.24, 2.45) is 5.73 Å². The van der Waals surface area contributed by atoms with Gasteiger partial charge in [-0.15, -0.1) is 0 Å². The SMILES string of the molecule is Cc1cc(O)c(-c2ccc([C@@H](C)CN)cc2)c2c(C)c(Cl)c(=O)[nH]c12. The number of rotatable bonds is 3. The maximum atomic E-state index is 12.0. The Kier molecular flexibility index (Phi) is 4.58. The minimum Gasteiger partial charge on any atom is -0.507 e. The summed E-state index contributed by atoms with van der Waals surface area (Å²) in [7, 11) is 0. The highest BCUT2D eigenvalue weighted by Crippen LogP contribution is 2.40. The first-order valence-electron chi connectivity index (χ1n) is 8.20. The zero-order valence-electron chi connectivity index (χ0n) is 14.5. The summed E-state index contributed by atoms with van der Waals surface area (Å²) < 4.78 is 0. The van der Waals surface area contributed by atoms with Gasteiger partial charge in [0.2, 0.25) is 0 Å². The lowest BCUT2D eigenvalue weighted by atomic mass is 9.92. The van der Waals surface area contributed by atoms with Gasteiger partial charge in [0.05, 0.1) is 5.52 Å². The molecule has 4 nitrogen and oxygen atoms in total. The first kappa shape index (κ1) is 17.5. The summed E-state index contributed by atoms with van der Waals surface area (Å²) in [6.45, 7) is 6.30. The summed E-state index contributed by atoms with van der Waals surface area (Å²) in [5, 5.41) is 11.5. The molecule has 130 valence electrons. The molecule has 3 aromatic rings. The van der Waals surface area contributed by atoms with E-state index in [1.165, 1.54) is 0 Å². The number of nitrogens with two attached hydrogens (primary N) is 1. The predicted octanol–water partition coefficient (Wildman–Crippen LogP) is 4.23. The van der Waals surface area contributed by atoms with Crippen molar-refractivity contribution in [3.63, 3.8) is 0 Å². The molecule has 0 unspecified atom stereocenters. The topological polar surface area (TPSA) is 79.1 Å². The molecule has 0 aliphatic heterocycles. The largest absolute Gasteiger partial charge is 0.507 e. The average molecular weight is 357 g/mol. The third kappa shape index (κ3) is 2.92. The lowest BCUT2D eigenvalue weighted by molar-refractivity contribution is 0.477. The van der Waals surface area contributed by atoms with Crippen LogP contribution in [0.5, 0.6) is 5.75 Å². The van der Waals surface area contributed by atoms with E-state index < -0.39 is 0 Å². The fourth-order valence-electron chi connectivity index (χ4n) is 3.19. The van der Waals surface area contributed by atoms with Crippen LogP contribution in [0.25, 0.3) is 22.0 Å². The zero-order chi connectivity index (χ0) is 18.3. The molecule has 1 atom stereocenters. The molecule has 25 heavy (non-hydrogen) atoms. The molecule has 3 rings (SSSR count). The molecule has 0 saturated heterocycles. The van der Waals surface area contributed by atoms with Crippen LogP contribution in [0, 0.1) is 13.8 Å². The molecule has 0 spiro atoms. The van der Waals surface area contributed by atoms with E-state index in [4.69, 9.17) is 17.3 Å². The summed E-state index contributed by atoms with van der Waals surface area (Å²) in [5.41, 5.74) is 10.2. The lowest BCUT2D eigenvalue weighted by Crippen LogP contribution is -2.10. The number of aryl methyl sites for hydroxylation is 2. The Labute approximate surface area is 151 Å². The first-order chi connectivity index (χ1) is 11.8. The average Bonchev–Trinajstić information content (AvgIpc) is 2.60. The molecule has 0 bridgehead atoms. The number of aromatic hydroxyl groups is 1. The Bertz CT molecular complexity index is 1010. The number of aromatic amines is 1. The van der Waals surface area contributed by atoms with Crippen LogP contribution >= 0.6 is 11.6 Å². The van der Waals surface area contributed by atoms with Gasteiger partial charge in [0.1, 0.15) is 10.8 Å². The van der Waals surface area contributed by atoms with E-state index in [1.54, 1.807) is 13.0 Å². The highest BCUT2D eigenvalue weighted by molar-refractivity contribution is 6.32. The molecule has 1 heterocycles. The Morgan fingerprint density at radius 2 is 1.88 bits per heavy atom. The van der Waals surface area contributed by atoms with E-state index >= 15 is 0 Å². The number of benzene rings is 2. The molecule has 5 heteroatoms. The van der Waals surface area contributed by atoms with E-state index in [-0.39, 0.29) is 22.2 Å². The van der Waals surface area contributed by atoms with Crippen LogP contribution in [0.15, 0.2) is 35.1 Å². The maximum absolute atomic E-state index is 12.0. The van der Waals surface area contributed by atoms with Gasteiger partial charge in [0.25, 0.3) is 5.56 Å². The molecular weight excluding hydrogens is 336 g/mol. The normalized spacial score (nSPS) is 12.5. The molecule has 0 amide bonds. The molecular formula is C20H21ClN2O2. The van der Waals surface area contributed by atoms with Gasteiger partial charge in [-0.05, 0) is 54.6 Å². The standard InChI is InChI=1S/C20H21ClN2O2/c1-10-8-15(24)17(14-6-4-13(5-7-14)11(2)9-22)16-12(3)18(21)20(25)23-19(10)16/h4-8,11,24H,9,22H2,1-3H3,(H,23,25)/t11-/m0/s1. The summed E-state index contributed by atoms with van der Waals surface area (Å²) in [4.78, 5) is 14.9. The van der Waals surface area contributed by atoms with E-state index in [0.29, 0.717) is 23.2 Å². The van der Waals surface area contributed by atoms with Crippen molar-refractivity contribution < 1.29 is 5.11 Å². The molecule has 0 fully saturated rings. The third-order valence-corrected chi connectivity index (χ3v) is 5.22. The monoisotopic (exact) mass is 356 g/mol. The number of hydrogen-bond acceptors (Lipinski definition) is 3. The summed E-state index contributed by atoms with van der Waals surface area (Å²) in [6.07, 6.45) is 0. The number of pyridine rings is 1. The van der Waals surface area contributed by atoms with Crippen molar-refractivity contribution in [2.75, 3.05) is 6.54 Å².